The lowest BCUT2D eigenvalue weighted by Crippen LogP contribution is -2.33. The van der Waals surface area contributed by atoms with Crippen LogP contribution in [0.2, 0.25) is 0 Å². The van der Waals surface area contributed by atoms with Crippen LogP contribution >= 0.6 is 0 Å². The third kappa shape index (κ3) is 12.0. The average molecular weight is 201 g/mol. The van der Waals surface area contributed by atoms with Crippen molar-refractivity contribution in [3.63, 3.8) is 0 Å². The van der Waals surface area contributed by atoms with Gasteiger partial charge in [0.2, 0.25) is 0 Å². The molecule has 1 nitrogen and oxygen atoms in total. The van der Waals surface area contributed by atoms with Crippen LogP contribution in [0.1, 0.15) is 61.3 Å². The topological polar surface area (TPSA) is 3.24 Å². The van der Waals surface area contributed by atoms with E-state index in [2.05, 4.69) is 39.5 Å². The molecule has 88 valence electrons. The first-order chi connectivity index (χ1) is 6.49. The fraction of sp³-hybridized carbons (Fsp3) is 1.00. The van der Waals surface area contributed by atoms with Crippen molar-refractivity contribution in [3.8, 4) is 0 Å². The highest BCUT2D eigenvalue weighted by atomic mass is 15.1. The van der Waals surface area contributed by atoms with Crippen molar-refractivity contribution in [1.29, 1.82) is 0 Å². The molecule has 0 heterocycles. The summed E-state index contributed by atoms with van der Waals surface area (Å²) in [5.41, 5.74) is 0.448. The summed E-state index contributed by atoms with van der Waals surface area (Å²) in [7, 11) is 0. The molecule has 0 bridgehead atoms. The minimum absolute atomic E-state index is 0.448. The minimum atomic E-state index is 0.448. The molecule has 0 N–H and O–H groups in total. The molecule has 0 aliphatic carbocycles. The summed E-state index contributed by atoms with van der Waals surface area (Å²) in [5, 5.41) is 0. The monoisotopic (exact) mass is 201 g/mol. The molecule has 0 aliphatic rings. The van der Waals surface area contributed by atoms with Crippen LogP contribution in [0.4, 0.5) is 0 Å². The van der Waals surface area contributed by atoms with Crippen molar-refractivity contribution < 1.29 is 0 Å². The molecular formula is C13H31N. The molecule has 0 radical (unpaired) electrons. The molecule has 0 saturated carbocycles. The van der Waals surface area contributed by atoms with Gasteiger partial charge in [-0.25, -0.2) is 0 Å². The van der Waals surface area contributed by atoms with Crippen molar-refractivity contribution in [2.45, 2.75) is 61.3 Å². The number of hydrogen-bond acceptors (Lipinski definition) is 1. The van der Waals surface area contributed by atoms with E-state index in [1.165, 1.54) is 32.5 Å². The van der Waals surface area contributed by atoms with Crippen LogP contribution in [-0.2, 0) is 0 Å². The van der Waals surface area contributed by atoms with E-state index in [1.54, 1.807) is 0 Å². The largest absolute Gasteiger partial charge is 0.303 e. The van der Waals surface area contributed by atoms with Crippen LogP contribution in [0.15, 0.2) is 0 Å². The second-order valence-corrected chi connectivity index (χ2v) is 4.78. The van der Waals surface area contributed by atoms with E-state index in [9.17, 15) is 0 Å². The van der Waals surface area contributed by atoms with Gasteiger partial charge in [0.1, 0.15) is 0 Å². The van der Waals surface area contributed by atoms with Crippen LogP contribution in [0.25, 0.3) is 0 Å². The second-order valence-electron chi connectivity index (χ2n) is 4.78. The maximum absolute atomic E-state index is 2.55. The van der Waals surface area contributed by atoms with E-state index in [0.717, 1.165) is 0 Å². The predicted octanol–water partition coefficient (Wildman–Crippen LogP) is 4.18. The highest BCUT2D eigenvalue weighted by Gasteiger charge is 2.14. The summed E-state index contributed by atoms with van der Waals surface area (Å²) in [5.74, 6) is 0. The maximum Gasteiger partial charge on any atom is 0.00299 e. The van der Waals surface area contributed by atoms with E-state index in [-0.39, 0.29) is 0 Å². The highest BCUT2D eigenvalue weighted by Crippen LogP contribution is 2.15. The van der Waals surface area contributed by atoms with Crippen LogP contribution in [0.5, 0.6) is 0 Å². The minimum Gasteiger partial charge on any atom is -0.303 e. The standard InChI is InChI=1S/C11H25N.C2H6/c1-6-8-9-12(7-2)10-11(3,4)5;1-2/h6-10H2,1-5H3;1-2H3. The maximum atomic E-state index is 2.55. The molecular weight excluding hydrogens is 170 g/mol. The molecule has 0 unspecified atom stereocenters. The van der Waals surface area contributed by atoms with E-state index >= 15 is 0 Å². The molecule has 0 rings (SSSR count). The Morgan fingerprint density at radius 1 is 1.00 bits per heavy atom. The van der Waals surface area contributed by atoms with Crippen molar-refractivity contribution in [1.82, 2.24) is 4.90 Å². The molecule has 0 aromatic carbocycles. The van der Waals surface area contributed by atoms with Gasteiger partial charge in [-0.3, -0.25) is 0 Å². The Labute approximate surface area is 91.9 Å². The normalized spacial score (nSPS) is 11.1. The smallest absolute Gasteiger partial charge is 0.00299 e. The third-order valence-electron chi connectivity index (χ3n) is 1.97. The summed E-state index contributed by atoms with van der Waals surface area (Å²) in [6, 6.07) is 0. The van der Waals surface area contributed by atoms with Gasteiger partial charge in [0.05, 0.1) is 0 Å². The van der Waals surface area contributed by atoms with Crippen LogP contribution < -0.4 is 0 Å². The molecule has 0 spiro atoms. The van der Waals surface area contributed by atoms with E-state index in [4.69, 9.17) is 0 Å². The molecule has 1 heteroatoms. The first kappa shape index (κ1) is 16.4. The molecule has 0 fully saturated rings. The van der Waals surface area contributed by atoms with Crippen LogP contribution in [-0.4, -0.2) is 24.5 Å². The fourth-order valence-electron chi connectivity index (χ4n) is 1.40. The van der Waals surface area contributed by atoms with Gasteiger partial charge in [0.15, 0.2) is 0 Å². The summed E-state index contributed by atoms with van der Waals surface area (Å²) in [6.45, 7) is 19.1. The van der Waals surface area contributed by atoms with Crippen molar-refractivity contribution in [2.75, 3.05) is 19.6 Å². The van der Waals surface area contributed by atoms with Gasteiger partial charge in [-0.2, -0.15) is 0 Å². The van der Waals surface area contributed by atoms with Crippen LogP contribution in [0, 0.1) is 5.41 Å². The second kappa shape index (κ2) is 9.51. The van der Waals surface area contributed by atoms with E-state index < -0.39 is 0 Å². The zero-order valence-electron chi connectivity index (χ0n) is 11.5. The number of unbranched alkanes of at least 4 members (excludes halogenated alkanes) is 1. The number of hydrogen-bond donors (Lipinski definition) is 0. The summed E-state index contributed by atoms with van der Waals surface area (Å²) in [4.78, 5) is 2.55. The summed E-state index contributed by atoms with van der Waals surface area (Å²) >= 11 is 0. The molecule has 14 heavy (non-hydrogen) atoms. The SMILES string of the molecule is CC.CCCCN(CC)CC(C)(C)C. The first-order valence-electron chi connectivity index (χ1n) is 6.22. The Balaban J connectivity index is 0. The van der Waals surface area contributed by atoms with Gasteiger partial charge in [-0.05, 0) is 24.9 Å². The van der Waals surface area contributed by atoms with Crippen LogP contribution in [0.3, 0.4) is 0 Å². The first-order valence-corrected chi connectivity index (χ1v) is 6.22. The van der Waals surface area contributed by atoms with Crippen molar-refractivity contribution >= 4 is 0 Å². The molecule has 0 amide bonds. The molecule has 0 saturated heterocycles. The molecule has 0 aromatic heterocycles. The van der Waals surface area contributed by atoms with Crippen molar-refractivity contribution in [3.05, 3.63) is 0 Å². The van der Waals surface area contributed by atoms with Gasteiger partial charge in [0.25, 0.3) is 0 Å². The average Bonchev–Trinajstić information content (AvgIpc) is 2.14. The zero-order chi connectivity index (χ0) is 11.6. The number of rotatable bonds is 5. The quantitative estimate of drug-likeness (QED) is 0.645. The third-order valence-corrected chi connectivity index (χ3v) is 1.97. The highest BCUT2D eigenvalue weighted by molar-refractivity contribution is 4.67. The van der Waals surface area contributed by atoms with E-state index in [0.29, 0.717) is 5.41 Å². The zero-order valence-corrected chi connectivity index (χ0v) is 11.5. The number of nitrogens with zero attached hydrogens (tertiary/aromatic N) is 1. The van der Waals surface area contributed by atoms with Gasteiger partial charge in [-0.1, -0.05) is 54.9 Å². The Bertz CT molecular complexity index is 102. The van der Waals surface area contributed by atoms with E-state index in [1.807, 2.05) is 13.8 Å². The lowest BCUT2D eigenvalue weighted by molar-refractivity contribution is 0.197. The van der Waals surface area contributed by atoms with Gasteiger partial charge in [0, 0.05) is 6.54 Å². The predicted molar refractivity (Wildman–Crippen MR) is 67.8 cm³/mol. The molecule has 0 aliphatic heterocycles. The van der Waals surface area contributed by atoms with Gasteiger partial charge < -0.3 is 4.90 Å². The van der Waals surface area contributed by atoms with Gasteiger partial charge in [-0.15, -0.1) is 0 Å². The summed E-state index contributed by atoms with van der Waals surface area (Å²) in [6.07, 6.45) is 2.64. The lowest BCUT2D eigenvalue weighted by Gasteiger charge is -2.28. The summed E-state index contributed by atoms with van der Waals surface area (Å²) < 4.78 is 0. The Kier molecular flexibility index (Phi) is 11.1. The Morgan fingerprint density at radius 3 is 1.79 bits per heavy atom. The Morgan fingerprint density at radius 2 is 1.50 bits per heavy atom. The molecule has 0 atom stereocenters. The van der Waals surface area contributed by atoms with Gasteiger partial charge >= 0.3 is 0 Å². The fourth-order valence-corrected chi connectivity index (χ4v) is 1.40. The van der Waals surface area contributed by atoms with Crippen molar-refractivity contribution in [2.24, 2.45) is 5.41 Å². The lowest BCUT2D eigenvalue weighted by atomic mass is 9.96. The Hall–Kier alpha value is -0.0400. The molecule has 0 aromatic rings.